The zero-order valence-corrected chi connectivity index (χ0v) is 13.2. The van der Waals surface area contributed by atoms with E-state index in [0.29, 0.717) is 13.2 Å². The third-order valence-electron chi connectivity index (χ3n) is 3.91. The topological polar surface area (TPSA) is 41.1 Å². The zero-order valence-electron chi connectivity index (χ0n) is 12.4. The molecule has 0 saturated carbocycles. The van der Waals surface area contributed by atoms with Crippen molar-refractivity contribution in [3.05, 3.63) is 54.6 Å². The Morgan fingerprint density at radius 2 is 2.09 bits per heavy atom. The fourth-order valence-electron chi connectivity index (χ4n) is 2.75. The summed E-state index contributed by atoms with van der Waals surface area (Å²) in [5, 5.41) is 0.162. The summed E-state index contributed by atoms with van der Waals surface area (Å²) >= 11 is 1.69. The van der Waals surface area contributed by atoms with Gasteiger partial charge < -0.3 is 14.6 Å². The van der Waals surface area contributed by atoms with Crippen LogP contribution in [0, 0.1) is 5.82 Å². The lowest BCUT2D eigenvalue weighted by atomic mass is 10.2. The van der Waals surface area contributed by atoms with Crippen LogP contribution in [0.3, 0.4) is 0 Å². The number of imidazole rings is 1. The molecule has 3 aromatic rings. The number of fused-ring (bicyclic) bond motifs is 1. The molecule has 1 N–H and O–H groups in total. The lowest BCUT2D eigenvalue weighted by Gasteiger charge is -2.36. The van der Waals surface area contributed by atoms with Crippen LogP contribution in [0.15, 0.2) is 53.7 Å². The molecule has 0 radical (unpaired) electrons. The molecule has 1 aromatic heterocycles. The van der Waals surface area contributed by atoms with Gasteiger partial charge in [0, 0.05) is 17.1 Å². The van der Waals surface area contributed by atoms with E-state index in [0.717, 1.165) is 28.2 Å². The van der Waals surface area contributed by atoms with Gasteiger partial charge in [0.1, 0.15) is 11.2 Å². The molecule has 4 nitrogen and oxygen atoms in total. The quantitative estimate of drug-likeness (QED) is 0.796. The third-order valence-corrected chi connectivity index (χ3v) is 5.11. The van der Waals surface area contributed by atoms with Crippen LogP contribution in [0.1, 0.15) is 0 Å². The molecule has 1 saturated heterocycles. The van der Waals surface area contributed by atoms with Crippen LogP contribution in [-0.2, 0) is 4.74 Å². The van der Waals surface area contributed by atoms with Gasteiger partial charge in [-0.3, -0.25) is 0 Å². The van der Waals surface area contributed by atoms with Crippen molar-refractivity contribution in [2.75, 3.05) is 24.7 Å². The second-order valence-electron chi connectivity index (χ2n) is 5.40. The number of aromatic amines is 1. The Hall–Kier alpha value is -2.05. The van der Waals surface area contributed by atoms with Crippen LogP contribution in [0.25, 0.3) is 11.0 Å². The van der Waals surface area contributed by atoms with Gasteiger partial charge in [0.25, 0.3) is 0 Å². The SMILES string of the molecule is Fc1ccc(SC2COCCN2c2ccc3nc[nH]c3c2)cc1. The van der Waals surface area contributed by atoms with Gasteiger partial charge in [0.05, 0.1) is 30.6 Å². The second-order valence-corrected chi connectivity index (χ2v) is 6.65. The maximum absolute atomic E-state index is 13.1. The number of H-pyrrole nitrogens is 1. The van der Waals surface area contributed by atoms with Gasteiger partial charge in [-0.15, -0.1) is 0 Å². The molecule has 2 aromatic carbocycles. The van der Waals surface area contributed by atoms with Crippen LogP contribution in [0.2, 0.25) is 0 Å². The summed E-state index contributed by atoms with van der Waals surface area (Å²) < 4.78 is 18.7. The summed E-state index contributed by atoms with van der Waals surface area (Å²) in [5.41, 5.74) is 3.13. The van der Waals surface area contributed by atoms with Crippen molar-refractivity contribution >= 4 is 28.5 Å². The predicted molar refractivity (Wildman–Crippen MR) is 90.3 cm³/mol. The monoisotopic (exact) mass is 329 g/mol. The maximum Gasteiger partial charge on any atom is 0.123 e. The van der Waals surface area contributed by atoms with E-state index >= 15 is 0 Å². The largest absolute Gasteiger partial charge is 0.377 e. The number of benzene rings is 2. The molecule has 1 aliphatic heterocycles. The average molecular weight is 329 g/mol. The highest BCUT2D eigenvalue weighted by atomic mass is 32.2. The number of nitrogens with one attached hydrogen (secondary N) is 1. The first kappa shape index (κ1) is 14.5. The Labute approximate surface area is 137 Å². The van der Waals surface area contributed by atoms with E-state index in [2.05, 4.69) is 27.0 Å². The number of hydrogen-bond acceptors (Lipinski definition) is 4. The van der Waals surface area contributed by atoms with E-state index in [1.807, 2.05) is 18.2 Å². The summed E-state index contributed by atoms with van der Waals surface area (Å²) in [7, 11) is 0. The molecule has 1 unspecified atom stereocenters. The minimum atomic E-state index is -0.212. The molecule has 0 spiro atoms. The maximum atomic E-state index is 13.1. The van der Waals surface area contributed by atoms with Gasteiger partial charge in [0.2, 0.25) is 0 Å². The third kappa shape index (κ3) is 3.04. The first-order chi connectivity index (χ1) is 11.3. The lowest BCUT2D eigenvalue weighted by molar-refractivity contribution is 0.115. The Bertz CT molecular complexity index is 805. The minimum absolute atomic E-state index is 0.162. The van der Waals surface area contributed by atoms with E-state index < -0.39 is 0 Å². The van der Waals surface area contributed by atoms with E-state index in [4.69, 9.17) is 4.74 Å². The molecule has 0 amide bonds. The summed E-state index contributed by atoms with van der Waals surface area (Å²) in [6, 6.07) is 12.8. The van der Waals surface area contributed by atoms with Crippen LogP contribution in [-0.4, -0.2) is 35.1 Å². The van der Waals surface area contributed by atoms with E-state index in [-0.39, 0.29) is 11.2 Å². The fourth-order valence-corrected chi connectivity index (χ4v) is 3.87. The number of aromatic nitrogens is 2. The second kappa shape index (κ2) is 6.22. The van der Waals surface area contributed by atoms with Gasteiger partial charge in [0.15, 0.2) is 0 Å². The Balaban J connectivity index is 1.60. The highest BCUT2D eigenvalue weighted by Crippen LogP contribution is 2.32. The Kier molecular flexibility index (Phi) is 3.93. The molecule has 1 aliphatic rings. The number of morpholine rings is 1. The molecule has 118 valence electrons. The number of halogens is 1. The van der Waals surface area contributed by atoms with Crippen LogP contribution >= 0.6 is 11.8 Å². The van der Waals surface area contributed by atoms with Crippen LogP contribution in [0.5, 0.6) is 0 Å². The van der Waals surface area contributed by atoms with Crippen molar-refractivity contribution in [1.29, 1.82) is 0 Å². The molecule has 0 aliphatic carbocycles. The first-order valence-corrected chi connectivity index (χ1v) is 8.37. The summed E-state index contributed by atoms with van der Waals surface area (Å²) in [4.78, 5) is 10.8. The Morgan fingerprint density at radius 1 is 1.22 bits per heavy atom. The van der Waals surface area contributed by atoms with E-state index in [1.165, 1.54) is 12.1 Å². The summed E-state index contributed by atoms with van der Waals surface area (Å²) in [6.07, 6.45) is 1.71. The number of anilines is 1. The van der Waals surface area contributed by atoms with E-state index in [9.17, 15) is 4.39 Å². The van der Waals surface area contributed by atoms with Crippen molar-refractivity contribution in [3.63, 3.8) is 0 Å². The van der Waals surface area contributed by atoms with Crippen molar-refractivity contribution in [2.45, 2.75) is 10.3 Å². The summed E-state index contributed by atoms with van der Waals surface area (Å²) in [5.74, 6) is -0.212. The Morgan fingerprint density at radius 3 is 2.96 bits per heavy atom. The van der Waals surface area contributed by atoms with Crippen molar-refractivity contribution in [2.24, 2.45) is 0 Å². The molecule has 6 heteroatoms. The number of thioether (sulfide) groups is 1. The van der Waals surface area contributed by atoms with Gasteiger partial charge in [-0.2, -0.15) is 0 Å². The van der Waals surface area contributed by atoms with Crippen molar-refractivity contribution < 1.29 is 9.13 Å². The molecule has 2 heterocycles. The lowest BCUT2D eigenvalue weighted by Crippen LogP contribution is -2.43. The normalized spacial score (nSPS) is 18.5. The van der Waals surface area contributed by atoms with E-state index in [1.54, 1.807) is 18.1 Å². The van der Waals surface area contributed by atoms with Gasteiger partial charge in [-0.1, -0.05) is 11.8 Å². The number of rotatable bonds is 3. The first-order valence-electron chi connectivity index (χ1n) is 7.49. The van der Waals surface area contributed by atoms with Crippen molar-refractivity contribution in [3.8, 4) is 0 Å². The van der Waals surface area contributed by atoms with Crippen molar-refractivity contribution in [1.82, 2.24) is 9.97 Å². The van der Waals surface area contributed by atoms with Crippen LogP contribution < -0.4 is 4.90 Å². The summed E-state index contributed by atoms with van der Waals surface area (Å²) in [6.45, 7) is 2.18. The number of ether oxygens (including phenoxy) is 1. The predicted octanol–water partition coefficient (Wildman–Crippen LogP) is 3.66. The van der Waals surface area contributed by atoms with Gasteiger partial charge in [-0.05, 0) is 42.5 Å². The number of hydrogen-bond donors (Lipinski definition) is 1. The fraction of sp³-hybridized carbons (Fsp3) is 0.235. The average Bonchev–Trinajstić information content (AvgIpc) is 3.05. The highest BCUT2D eigenvalue weighted by Gasteiger charge is 2.24. The smallest absolute Gasteiger partial charge is 0.123 e. The molecule has 0 bridgehead atoms. The molecule has 1 fully saturated rings. The molecular formula is C17H16FN3OS. The minimum Gasteiger partial charge on any atom is -0.377 e. The number of nitrogens with zero attached hydrogens (tertiary/aromatic N) is 2. The molecule has 1 atom stereocenters. The zero-order chi connectivity index (χ0) is 15.6. The van der Waals surface area contributed by atoms with Gasteiger partial charge >= 0.3 is 0 Å². The highest BCUT2D eigenvalue weighted by molar-refractivity contribution is 8.00. The molecular weight excluding hydrogens is 313 g/mol. The standard InChI is InChI=1S/C17H16FN3OS/c18-12-1-4-14(5-2-12)23-17-10-22-8-7-21(17)13-3-6-15-16(9-13)20-11-19-15/h1-6,9,11,17H,7-8,10H2,(H,19,20). The molecule has 4 rings (SSSR count). The van der Waals surface area contributed by atoms with Crippen LogP contribution in [0.4, 0.5) is 10.1 Å². The van der Waals surface area contributed by atoms with Gasteiger partial charge in [-0.25, -0.2) is 9.37 Å². The molecule has 23 heavy (non-hydrogen) atoms.